The molecule has 24 heavy (non-hydrogen) atoms. The van der Waals surface area contributed by atoms with Crippen molar-refractivity contribution in [3.05, 3.63) is 42.0 Å². The van der Waals surface area contributed by atoms with E-state index in [4.69, 9.17) is 9.47 Å². The summed E-state index contributed by atoms with van der Waals surface area (Å²) in [7, 11) is 4.28. The Bertz CT molecular complexity index is 713. The second kappa shape index (κ2) is 6.45. The van der Waals surface area contributed by atoms with E-state index in [2.05, 4.69) is 51.8 Å². The summed E-state index contributed by atoms with van der Waals surface area (Å²) in [6.45, 7) is 5.28. The van der Waals surface area contributed by atoms with Gasteiger partial charge in [0, 0.05) is 44.5 Å². The molecule has 0 spiro atoms. The summed E-state index contributed by atoms with van der Waals surface area (Å²) in [6, 6.07) is 6.24. The number of hydrogen-bond donors (Lipinski definition) is 0. The van der Waals surface area contributed by atoms with Gasteiger partial charge in [-0.15, -0.1) is 0 Å². The van der Waals surface area contributed by atoms with Gasteiger partial charge in [0.1, 0.15) is 5.82 Å². The van der Waals surface area contributed by atoms with Crippen molar-refractivity contribution >= 4 is 0 Å². The number of nitrogens with zero attached hydrogens (tertiary/aromatic N) is 4. The van der Waals surface area contributed by atoms with Gasteiger partial charge in [0.2, 0.25) is 6.79 Å². The predicted octanol–water partition coefficient (Wildman–Crippen LogP) is 1.81. The molecule has 0 N–H and O–H groups in total. The van der Waals surface area contributed by atoms with Crippen molar-refractivity contribution in [1.82, 2.24) is 19.4 Å². The Morgan fingerprint density at radius 2 is 2.08 bits per heavy atom. The van der Waals surface area contributed by atoms with Crippen LogP contribution < -0.4 is 9.47 Å². The van der Waals surface area contributed by atoms with Crippen LogP contribution in [0, 0.1) is 5.92 Å². The van der Waals surface area contributed by atoms with Gasteiger partial charge in [0.05, 0.1) is 6.54 Å². The molecule has 2 aromatic rings. The highest BCUT2D eigenvalue weighted by molar-refractivity contribution is 5.44. The minimum absolute atomic E-state index is 0.324. The average Bonchev–Trinajstić information content (AvgIpc) is 3.13. The second-order valence-corrected chi connectivity index (χ2v) is 6.98. The Hall–Kier alpha value is -2.05. The Kier molecular flexibility index (Phi) is 4.16. The smallest absolute Gasteiger partial charge is 0.231 e. The van der Waals surface area contributed by atoms with Gasteiger partial charge in [-0.25, -0.2) is 4.98 Å². The summed E-state index contributed by atoms with van der Waals surface area (Å²) in [5.41, 5.74) is 1.25. The van der Waals surface area contributed by atoms with Crippen molar-refractivity contribution in [3.63, 3.8) is 0 Å². The first-order valence-electron chi connectivity index (χ1n) is 8.43. The lowest BCUT2D eigenvalue weighted by atomic mass is 10.1. The normalized spacial score (nSPS) is 20.2. The van der Waals surface area contributed by atoms with Crippen molar-refractivity contribution in [2.75, 3.05) is 34.0 Å². The largest absolute Gasteiger partial charge is 0.454 e. The molecule has 4 rings (SSSR count). The molecule has 6 nitrogen and oxygen atoms in total. The molecule has 2 aliphatic rings. The molecule has 1 unspecified atom stereocenters. The topological polar surface area (TPSA) is 42.8 Å². The van der Waals surface area contributed by atoms with Crippen LogP contribution in [0.15, 0.2) is 30.6 Å². The monoisotopic (exact) mass is 328 g/mol. The number of imidazole rings is 1. The van der Waals surface area contributed by atoms with Gasteiger partial charge in [-0.05, 0) is 31.8 Å². The Labute approximate surface area is 142 Å². The molecule has 3 heterocycles. The highest BCUT2D eigenvalue weighted by Crippen LogP contribution is 2.33. The zero-order valence-corrected chi connectivity index (χ0v) is 14.3. The number of aromatic nitrogens is 2. The lowest BCUT2D eigenvalue weighted by Gasteiger charge is -2.25. The summed E-state index contributed by atoms with van der Waals surface area (Å²) in [5.74, 6) is 3.44. The van der Waals surface area contributed by atoms with Gasteiger partial charge in [-0.1, -0.05) is 6.07 Å². The van der Waals surface area contributed by atoms with E-state index in [1.165, 1.54) is 5.56 Å². The summed E-state index contributed by atoms with van der Waals surface area (Å²) in [5, 5.41) is 0. The number of hydrogen-bond acceptors (Lipinski definition) is 5. The fourth-order valence-corrected chi connectivity index (χ4v) is 3.67. The van der Waals surface area contributed by atoms with E-state index < -0.39 is 0 Å². The molecule has 0 saturated heterocycles. The Morgan fingerprint density at radius 3 is 2.96 bits per heavy atom. The molecule has 0 saturated carbocycles. The van der Waals surface area contributed by atoms with Gasteiger partial charge in [-0.2, -0.15) is 0 Å². The summed E-state index contributed by atoms with van der Waals surface area (Å²) < 4.78 is 13.2. The third-order valence-electron chi connectivity index (χ3n) is 4.60. The van der Waals surface area contributed by atoms with Crippen LogP contribution in [0.1, 0.15) is 11.4 Å². The van der Waals surface area contributed by atoms with Crippen LogP contribution in [0.25, 0.3) is 0 Å². The average molecular weight is 328 g/mol. The molecule has 0 aliphatic carbocycles. The molecule has 0 bridgehead atoms. The van der Waals surface area contributed by atoms with Gasteiger partial charge < -0.3 is 18.9 Å². The van der Waals surface area contributed by atoms with Crippen LogP contribution in [0.4, 0.5) is 0 Å². The van der Waals surface area contributed by atoms with E-state index >= 15 is 0 Å². The molecule has 128 valence electrons. The molecule has 0 radical (unpaired) electrons. The van der Waals surface area contributed by atoms with E-state index in [1.807, 2.05) is 12.3 Å². The molecule has 0 fully saturated rings. The SMILES string of the molecule is CN(C)CC1CN(Cc2ccc3c(c2)OCO3)Cc2nccn2C1. The molecule has 1 aromatic carbocycles. The Morgan fingerprint density at radius 1 is 1.21 bits per heavy atom. The van der Waals surface area contributed by atoms with E-state index in [1.54, 1.807) is 0 Å². The fourth-order valence-electron chi connectivity index (χ4n) is 3.67. The third kappa shape index (κ3) is 3.25. The second-order valence-electron chi connectivity index (χ2n) is 6.98. The van der Waals surface area contributed by atoms with Crippen molar-refractivity contribution in [2.24, 2.45) is 5.92 Å². The van der Waals surface area contributed by atoms with Crippen LogP contribution in [0.2, 0.25) is 0 Å². The van der Waals surface area contributed by atoms with Crippen LogP contribution in [0.3, 0.4) is 0 Å². The van der Waals surface area contributed by atoms with Crippen molar-refractivity contribution in [3.8, 4) is 11.5 Å². The maximum Gasteiger partial charge on any atom is 0.231 e. The lowest BCUT2D eigenvalue weighted by Crippen LogP contribution is -2.33. The number of fused-ring (bicyclic) bond motifs is 2. The third-order valence-corrected chi connectivity index (χ3v) is 4.60. The molecule has 6 heteroatoms. The summed E-state index contributed by atoms with van der Waals surface area (Å²) in [4.78, 5) is 9.30. The summed E-state index contributed by atoms with van der Waals surface area (Å²) >= 11 is 0. The predicted molar refractivity (Wildman–Crippen MR) is 91.0 cm³/mol. The van der Waals surface area contributed by atoms with Crippen molar-refractivity contribution in [1.29, 1.82) is 0 Å². The number of rotatable bonds is 4. The minimum Gasteiger partial charge on any atom is -0.454 e. The Balaban J connectivity index is 1.53. The summed E-state index contributed by atoms with van der Waals surface area (Å²) in [6.07, 6.45) is 4.01. The lowest BCUT2D eigenvalue weighted by molar-refractivity contribution is 0.173. The maximum absolute atomic E-state index is 5.51. The first-order chi connectivity index (χ1) is 11.7. The highest BCUT2D eigenvalue weighted by Gasteiger charge is 2.23. The van der Waals surface area contributed by atoms with Gasteiger partial charge in [-0.3, -0.25) is 4.90 Å². The van der Waals surface area contributed by atoms with Crippen LogP contribution in [0.5, 0.6) is 11.5 Å². The van der Waals surface area contributed by atoms with Crippen molar-refractivity contribution < 1.29 is 9.47 Å². The van der Waals surface area contributed by atoms with E-state index in [9.17, 15) is 0 Å². The van der Waals surface area contributed by atoms with E-state index in [0.717, 1.165) is 50.0 Å². The first-order valence-corrected chi connectivity index (χ1v) is 8.43. The zero-order chi connectivity index (χ0) is 16.5. The fraction of sp³-hybridized carbons (Fsp3) is 0.500. The highest BCUT2D eigenvalue weighted by atomic mass is 16.7. The number of benzene rings is 1. The molecular weight excluding hydrogens is 304 g/mol. The van der Waals surface area contributed by atoms with Crippen molar-refractivity contribution in [2.45, 2.75) is 19.6 Å². The van der Waals surface area contributed by atoms with E-state index in [-0.39, 0.29) is 0 Å². The van der Waals surface area contributed by atoms with Gasteiger partial charge in [0.15, 0.2) is 11.5 Å². The minimum atomic E-state index is 0.324. The molecular formula is C18H24N4O2. The standard InChI is InChI=1S/C18H24N4O2/c1-20(2)8-15-10-21(12-18-19-5-6-22(18)11-15)9-14-3-4-16-17(7-14)24-13-23-16/h3-7,15H,8-13H2,1-2H3. The molecule has 1 aromatic heterocycles. The first kappa shape index (κ1) is 15.5. The van der Waals surface area contributed by atoms with Crippen LogP contribution in [-0.4, -0.2) is 53.3 Å². The quantitative estimate of drug-likeness (QED) is 0.856. The zero-order valence-electron chi connectivity index (χ0n) is 14.3. The molecule has 2 aliphatic heterocycles. The molecule has 0 amide bonds. The maximum atomic E-state index is 5.51. The van der Waals surface area contributed by atoms with Crippen LogP contribution >= 0.6 is 0 Å². The van der Waals surface area contributed by atoms with Gasteiger partial charge >= 0.3 is 0 Å². The molecule has 1 atom stereocenters. The van der Waals surface area contributed by atoms with E-state index in [0.29, 0.717) is 12.7 Å². The van der Waals surface area contributed by atoms with Crippen LogP contribution in [-0.2, 0) is 19.6 Å². The number of ether oxygens (including phenoxy) is 2. The van der Waals surface area contributed by atoms with Gasteiger partial charge in [0.25, 0.3) is 0 Å².